The fourth-order valence-electron chi connectivity index (χ4n) is 1.63. The molecule has 0 unspecified atom stereocenters. The van der Waals surface area contributed by atoms with Crippen LogP contribution in [0.25, 0.3) is 0 Å². The zero-order valence-electron chi connectivity index (χ0n) is 9.67. The summed E-state index contributed by atoms with van der Waals surface area (Å²) in [6, 6.07) is 8.65. The summed E-state index contributed by atoms with van der Waals surface area (Å²) in [5, 5.41) is 15.6. The summed E-state index contributed by atoms with van der Waals surface area (Å²) in [5.74, 6) is 0. The van der Waals surface area contributed by atoms with E-state index in [9.17, 15) is 0 Å². The van der Waals surface area contributed by atoms with E-state index in [1.165, 1.54) is 12.8 Å². The van der Waals surface area contributed by atoms with Crippen LogP contribution in [0.15, 0.2) is 22.7 Å². The van der Waals surface area contributed by atoms with Gasteiger partial charge in [0, 0.05) is 22.7 Å². The van der Waals surface area contributed by atoms with Crippen molar-refractivity contribution in [1.29, 1.82) is 5.26 Å². The summed E-state index contributed by atoms with van der Waals surface area (Å²) in [6.45, 7) is 2.03. The topological polar surface area (TPSA) is 47.9 Å². The van der Waals surface area contributed by atoms with Crippen LogP contribution in [0.2, 0.25) is 0 Å². The fourth-order valence-corrected chi connectivity index (χ4v) is 2.10. The highest BCUT2D eigenvalue weighted by molar-refractivity contribution is 9.10. The molecule has 1 aromatic carbocycles. The summed E-state index contributed by atoms with van der Waals surface area (Å²) < 4.78 is 0.848. The first kappa shape index (κ1) is 12.4. The van der Waals surface area contributed by atoms with Crippen LogP contribution < -0.4 is 10.6 Å². The number of anilines is 1. The van der Waals surface area contributed by atoms with Crippen LogP contribution in [-0.4, -0.2) is 19.1 Å². The molecular weight excluding hydrogens is 278 g/mol. The largest absolute Gasteiger partial charge is 0.385 e. The summed E-state index contributed by atoms with van der Waals surface area (Å²) >= 11 is 3.38. The van der Waals surface area contributed by atoms with E-state index in [-0.39, 0.29) is 0 Å². The van der Waals surface area contributed by atoms with E-state index in [2.05, 4.69) is 32.6 Å². The molecule has 0 amide bonds. The number of nitrogens with zero attached hydrogens (tertiary/aromatic N) is 1. The van der Waals surface area contributed by atoms with Crippen LogP contribution >= 0.6 is 15.9 Å². The van der Waals surface area contributed by atoms with E-state index >= 15 is 0 Å². The van der Waals surface area contributed by atoms with Gasteiger partial charge in [0.25, 0.3) is 0 Å². The van der Waals surface area contributed by atoms with Gasteiger partial charge in [-0.3, -0.25) is 0 Å². The second-order valence-corrected chi connectivity index (χ2v) is 5.17. The Morgan fingerprint density at radius 1 is 1.35 bits per heavy atom. The van der Waals surface area contributed by atoms with Gasteiger partial charge in [-0.15, -0.1) is 0 Å². The molecule has 1 aromatic rings. The minimum Gasteiger partial charge on any atom is -0.385 e. The van der Waals surface area contributed by atoms with Gasteiger partial charge in [0.1, 0.15) is 6.07 Å². The number of nitriles is 1. The van der Waals surface area contributed by atoms with Crippen molar-refractivity contribution in [2.24, 2.45) is 0 Å². The van der Waals surface area contributed by atoms with Crippen LogP contribution in [0.3, 0.4) is 0 Å². The van der Waals surface area contributed by atoms with E-state index in [1.807, 2.05) is 18.2 Å². The van der Waals surface area contributed by atoms with Crippen LogP contribution in [0, 0.1) is 11.3 Å². The molecule has 0 saturated heterocycles. The predicted molar refractivity (Wildman–Crippen MR) is 73.0 cm³/mol. The molecule has 90 valence electrons. The van der Waals surface area contributed by atoms with Crippen LogP contribution in [-0.2, 0) is 0 Å². The predicted octanol–water partition coefficient (Wildman–Crippen LogP) is 2.87. The van der Waals surface area contributed by atoms with Crippen molar-refractivity contribution in [3.8, 4) is 6.07 Å². The Bertz CT molecular complexity index is 421. The maximum Gasteiger partial charge on any atom is 0.100 e. The lowest BCUT2D eigenvalue weighted by atomic mass is 10.2. The molecule has 0 bridgehead atoms. The van der Waals surface area contributed by atoms with Gasteiger partial charge >= 0.3 is 0 Å². The third-order valence-electron chi connectivity index (χ3n) is 2.78. The molecule has 0 spiro atoms. The highest BCUT2D eigenvalue weighted by Gasteiger charge is 2.19. The van der Waals surface area contributed by atoms with Crippen LogP contribution in [0.5, 0.6) is 0 Å². The molecule has 1 aliphatic rings. The maximum absolute atomic E-state index is 8.80. The Kier molecular flexibility index (Phi) is 4.41. The average Bonchev–Trinajstić information content (AvgIpc) is 3.13. The van der Waals surface area contributed by atoms with E-state index < -0.39 is 0 Å². The minimum absolute atomic E-state index is 0.672. The summed E-state index contributed by atoms with van der Waals surface area (Å²) in [6.07, 6.45) is 3.81. The molecule has 17 heavy (non-hydrogen) atoms. The van der Waals surface area contributed by atoms with Gasteiger partial charge < -0.3 is 10.6 Å². The van der Waals surface area contributed by atoms with Gasteiger partial charge in [0.2, 0.25) is 0 Å². The van der Waals surface area contributed by atoms with Gasteiger partial charge in [0.15, 0.2) is 0 Å². The first-order chi connectivity index (χ1) is 8.29. The van der Waals surface area contributed by atoms with E-state index in [0.717, 1.165) is 35.7 Å². The Morgan fingerprint density at radius 2 is 2.18 bits per heavy atom. The van der Waals surface area contributed by atoms with Crippen LogP contribution in [0.1, 0.15) is 24.8 Å². The average molecular weight is 294 g/mol. The van der Waals surface area contributed by atoms with Crippen molar-refractivity contribution in [3.63, 3.8) is 0 Å². The molecule has 0 heterocycles. The van der Waals surface area contributed by atoms with E-state index in [4.69, 9.17) is 5.26 Å². The zero-order chi connectivity index (χ0) is 12.1. The summed E-state index contributed by atoms with van der Waals surface area (Å²) in [5.41, 5.74) is 1.73. The first-order valence-electron chi connectivity index (χ1n) is 5.96. The quantitative estimate of drug-likeness (QED) is 0.793. The molecule has 1 saturated carbocycles. The molecular formula is C13H16BrN3. The van der Waals surface area contributed by atoms with E-state index in [0.29, 0.717) is 5.56 Å². The summed E-state index contributed by atoms with van der Waals surface area (Å²) in [4.78, 5) is 0. The molecule has 0 atom stereocenters. The number of rotatable bonds is 6. The zero-order valence-corrected chi connectivity index (χ0v) is 11.3. The van der Waals surface area contributed by atoms with Gasteiger partial charge in [0.05, 0.1) is 5.56 Å². The Balaban J connectivity index is 1.70. The Morgan fingerprint density at radius 3 is 2.82 bits per heavy atom. The molecule has 3 nitrogen and oxygen atoms in total. The molecule has 4 heteroatoms. The molecule has 1 aliphatic carbocycles. The van der Waals surface area contributed by atoms with Gasteiger partial charge in [-0.25, -0.2) is 0 Å². The first-order valence-corrected chi connectivity index (χ1v) is 6.76. The van der Waals surface area contributed by atoms with Crippen molar-refractivity contribution in [3.05, 3.63) is 28.2 Å². The normalized spacial score (nSPS) is 14.4. The van der Waals surface area contributed by atoms with Crippen molar-refractivity contribution >= 4 is 21.6 Å². The van der Waals surface area contributed by atoms with Crippen molar-refractivity contribution in [2.45, 2.75) is 25.3 Å². The lowest BCUT2D eigenvalue weighted by Gasteiger charge is -2.07. The molecule has 0 aliphatic heterocycles. The van der Waals surface area contributed by atoms with Crippen LogP contribution in [0.4, 0.5) is 5.69 Å². The van der Waals surface area contributed by atoms with Crippen molar-refractivity contribution in [1.82, 2.24) is 5.32 Å². The van der Waals surface area contributed by atoms with E-state index in [1.54, 1.807) is 0 Å². The molecule has 2 rings (SSSR count). The Labute approximate surface area is 110 Å². The fraction of sp³-hybridized carbons (Fsp3) is 0.462. The smallest absolute Gasteiger partial charge is 0.100 e. The standard InChI is InChI=1S/C13H16BrN3/c14-13-8-12(3-2-10(13)9-15)17-7-1-6-16-11-4-5-11/h2-3,8,11,16-17H,1,4-7H2. The second-order valence-electron chi connectivity index (χ2n) is 4.32. The summed E-state index contributed by atoms with van der Waals surface area (Å²) in [7, 11) is 0. The second kappa shape index (κ2) is 6.04. The number of nitrogens with one attached hydrogen (secondary N) is 2. The SMILES string of the molecule is N#Cc1ccc(NCCCNC2CC2)cc1Br. The molecule has 1 fully saturated rings. The third-order valence-corrected chi connectivity index (χ3v) is 3.44. The number of hydrogen-bond donors (Lipinski definition) is 2. The minimum atomic E-state index is 0.672. The highest BCUT2D eigenvalue weighted by atomic mass is 79.9. The Hall–Kier alpha value is -1.05. The van der Waals surface area contributed by atoms with Gasteiger partial charge in [-0.2, -0.15) is 5.26 Å². The van der Waals surface area contributed by atoms with Crippen molar-refractivity contribution < 1.29 is 0 Å². The lowest BCUT2D eigenvalue weighted by molar-refractivity contribution is 0.659. The number of benzene rings is 1. The maximum atomic E-state index is 8.80. The van der Waals surface area contributed by atoms with Gasteiger partial charge in [-0.1, -0.05) is 0 Å². The van der Waals surface area contributed by atoms with Crippen molar-refractivity contribution in [2.75, 3.05) is 18.4 Å². The number of hydrogen-bond acceptors (Lipinski definition) is 3. The molecule has 0 radical (unpaired) electrons. The lowest BCUT2D eigenvalue weighted by Crippen LogP contribution is -2.19. The van der Waals surface area contributed by atoms with Gasteiger partial charge in [-0.05, 0) is 59.9 Å². The highest BCUT2D eigenvalue weighted by Crippen LogP contribution is 2.21. The molecule has 0 aromatic heterocycles. The number of halogens is 1. The third kappa shape index (κ3) is 4.03. The monoisotopic (exact) mass is 293 g/mol. The molecule has 2 N–H and O–H groups in total.